The first-order valence-electron chi connectivity index (χ1n) is 4.12. The Labute approximate surface area is 72.4 Å². The maximum Gasteiger partial charge on any atom is 0.248 e. The van der Waals surface area contributed by atoms with E-state index >= 15 is 0 Å². The molecule has 0 saturated carbocycles. The second kappa shape index (κ2) is 3.23. The zero-order valence-electron chi connectivity index (χ0n) is 7.74. The number of rotatable bonds is 2. The summed E-state index contributed by atoms with van der Waals surface area (Å²) in [6, 6.07) is -0.0844. The number of nitrogens with zero attached hydrogens (tertiary/aromatic N) is 2. The lowest BCUT2D eigenvalue weighted by Gasteiger charge is -2.13. The second-order valence-corrected chi connectivity index (χ2v) is 3.46. The van der Waals surface area contributed by atoms with Crippen LogP contribution in [0.4, 0.5) is 0 Å². The Bertz CT molecular complexity index is 222. The van der Waals surface area contributed by atoms with Gasteiger partial charge in [-0.1, -0.05) is 13.8 Å². The molecular formula is C8H15N3O. The summed E-state index contributed by atoms with van der Waals surface area (Å²) in [6.45, 7) is 4.05. The molecular weight excluding hydrogens is 154 g/mol. The van der Waals surface area contributed by atoms with Crippen molar-refractivity contribution >= 4 is 11.6 Å². The highest BCUT2D eigenvalue weighted by Crippen LogP contribution is 2.11. The minimum atomic E-state index is -0.0844. The quantitative estimate of drug-likeness (QED) is 0.641. The van der Waals surface area contributed by atoms with E-state index in [2.05, 4.69) is 5.10 Å². The van der Waals surface area contributed by atoms with Gasteiger partial charge in [-0.25, -0.2) is 5.01 Å². The third-order valence-corrected chi connectivity index (χ3v) is 2.07. The van der Waals surface area contributed by atoms with Gasteiger partial charge in [0, 0.05) is 13.1 Å². The molecule has 0 aromatic heterocycles. The van der Waals surface area contributed by atoms with Gasteiger partial charge >= 0.3 is 0 Å². The van der Waals surface area contributed by atoms with Gasteiger partial charge in [0.25, 0.3) is 0 Å². The lowest BCUT2D eigenvalue weighted by Crippen LogP contribution is -2.34. The van der Waals surface area contributed by atoms with E-state index in [9.17, 15) is 4.79 Å². The standard InChI is InChI=1S/C8H15N3O/c1-5(2)8(9)6-4-7(12)11(3)10-6/h5,8H,4,9H2,1-3H3/t8-/m0/s1. The SMILES string of the molecule is CC(C)[C@H](N)C1=NN(C)C(=O)C1. The van der Waals surface area contributed by atoms with Crippen molar-refractivity contribution in [2.24, 2.45) is 16.8 Å². The van der Waals surface area contributed by atoms with Crippen molar-refractivity contribution in [1.82, 2.24) is 5.01 Å². The van der Waals surface area contributed by atoms with Crippen LogP contribution >= 0.6 is 0 Å². The van der Waals surface area contributed by atoms with Crippen molar-refractivity contribution in [2.45, 2.75) is 26.3 Å². The predicted octanol–water partition coefficient (Wildman–Crippen LogP) is 0.188. The molecule has 1 amide bonds. The average molecular weight is 169 g/mol. The minimum Gasteiger partial charge on any atom is -0.323 e. The molecule has 12 heavy (non-hydrogen) atoms. The normalized spacial score (nSPS) is 20.2. The largest absolute Gasteiger partial charge is 0.323 e. The molecule has 4 heteroatoms. The van der Waals surface area contributed by atoms with Gasteiger partial charge in [0.15, 0.2) is 0 Å². The molecule has 1 atom stereocenters. The summed E-state index contributed by atoms with van der Waals surface area (Å²) >= 11 is 0. The fourth-order valence-electron chi connectivity index (χ4n) is 1.12. The van der Waals surface area contributed by atoms with E-state index in [1.165, 1.54) is 5.01 Å². The summed E-state index contributed by atoms with van der Waals surface area (Å²) in [7, 11) is 1.66. The van der Waals surface area contributed by atoms with Crippen LogP contribution in [0, 0.1) is 5.92 Å². The maximum absolute atomic E-state index is 11.1. The molecule has 1 heterocycles. The Morgan fingerprint density at radius 1 is 1.58 bits per heavy atom. The van der Waals surface area contributed by atoms with Gasteiger partial charge in [0.1, 0.15) is 0 Å². The molecule has 0 fully saturated rings. The Morgan fingerprint density at radius 2 is 2.17 bits per heavy atom. The average Bonchev–Trinajstić information content (AvgIpc) is 2.30. The van der Waals surface area contributed by atoms with Crippen LogP contribution in [0.15, 0.2) is 5.10 Å². The van der Waals surface area contributed by atoms with Gasteiger partial charge in [-0.05, 0) is 5.92 Å². The molecule has 0 aromatic carbocycles. The van der Waals surface area contributed by atoms with Crippen molar-refractivity contribution in [1.29, 1.82) is 0 Å². The van der Waals surface area contributed by atoms with E-state index in [-0.39, 0.29) is 11.9 Å². The topological polar surface area (TPSA) is 58.7 Å². The smallest absolute Gasteiger partial charge is 0.248 e. The van der Waals surface area contributed by atoms with E-state index in [1.807, 2.05) is 13.8 Å². The zero-order valence-corrected chi connectivity index (χ0v) is 7.74. The van der Waals surface area contributed by atoms with Crippen LogP contribution in [0.3, 0.4) is 0 Å². The fraction of sp³-hybridized carbons (Fsp3) is 0.750. The van der Waals surface area contributed by atoms with Crippen molar-refractivity contribution in [3.8, 4) is 0 Å². The fourth-order valence-corrected chi connectivity index (χ4v) is 1.12. The van der Waals surface area contributed by atoms with Crippen molar-refractivity contribution < 1.29 is 4.79 Å². The van der Waals surface area contributed by atoms with Crippen LogP contribution in [-0.4, -0.2) is 29.7 Å². The Kier molecular flexibility index (Phi) is 2.47. The summed E-state index contributed by atoms with van der Waals surface area (Å²) in [6.07, 6.45) is 0.385. The monoisotopic (exact) mass is 169 g/mol. The van der Waals surface area contributed by atoms with E-state index in [0.717, 1.165) is 5.71 Å². The molecule has 0 aromatic rings. The van der Waals surface area contributed by atoms with Crippen molar-refractivity contribution in [2.75, 3.05) is 7.05 Å². The molecule has 0 aliphatic carbocycles. The third kappa shape index (κ3) is 1.64. The highest BCUT2D eigenvalue weighted by atomic mass is 16.2. The second-order valence-electron chi connectivity index (χ2n) is 3.46. The minimum absolute atomic E-state index is 0.0288. The van der Waals surface area contributed by atoms with Gasteiger partial charge in [0.2, 0.25) is 5.91 Å². The predicted molar refractivity (Wildman–Crippen MR) is 47.6 cm³/mol. The van der Waals surface area contributed by atoms with Crippen LogP contribution < -0.4 is 5.73 Å². The summed E-state index contributed by atoms with van der Waals surface area (Å²) in [5.41, 5.74) is 6.64. The van der Waals surface area contributed by atoms with Crippen LogP contribution in [-0.2, 0) is 4.79 Å². The molecule has 1 aliphatic rings. The first kappa shape index (κ1) is 9.19. The van der Waals surface area contributed by atoms with Gasteiger partial charge in [0.05, 0.1) is 12.1 Å². The Morgan fingerprint density at radius 3 is 2.50 bits per heavy atom. The molecule has 2 N–H and O–H groups in total. The number of nitrogens with two attached hydrogens (primary N) is 1. The summed E-state index contributed by atoms with van der Waals surface area (Å²) in [5, 5.41) is 5.42. The number of amides is 1. The molecule has 1 rings (SSSR count). The Balaban J connectivity index is 2.66. The number of hydrazone groups is 1. The summed E-state index contributed by atoms with van der Waals surface area (Å²) < 4.78 is 0. The Hall–Kier alpha value is -0.900. The first-order valence-corrected chi connectivity index (χ1v) is 4.12. The highest BCUT2D eigenvalue weighted by Gasteiger charge is 2.26. The zero-order chi connectivity index (χ0) is 9.30. The molecule has 1 aliphatic heterocycles. The lowest BCUT2D eigenvalue weighted by atomic mass is 9.99. The number of hydrogen-bond donors (Lipinski definition) is 1. The number of hydrogen-bond acceptors (Lipinski definition) is 3. The highest BCUT2D eigenvalue weighted by molar-refractivity contribution is 6.07. The molecule has 0 unspecified atom stereocenters. The van der Waals surface area contributed by atoms with Crippen LogP contribution in [0.1, 0.15) is 20.3 Å². The maximum atomic E-state index is 11.1. The van der Waals surface area contributed by atoms with Crippen LogP contribution in [0.2, 0.25) is 0 Å². The molecule has 0 saturated heterocycles. The van der Waals surface area contributed by atoms with E-state index in [1.54, 1.807) is 7.05 Å². The van der Waals surface area contributed by atoms with Gasteiger partial charge in [-0.3, -0.25) is 4.79 Å². The van der Waals surface area contributed by atoms with E-state index in [0.29, 0.717) is 12.3 Å². The molecule has 0 bridgehead atoms. The lowest BCUT2D eigenvalue weighted by molar-refractivity contribution is -0.127. The summed E-state index contributed by atoms with van der Waals surface area (Å²) in [4.78, 5) is 11.1. The van der Waals surface area contributed by atoms with Crippen molar-refractivity contribution in [3.63, 3.8) is 0 Å². The number of carbonyl (C=O) groups is 1. The van der Waals surface area contributed by atoms with Crippen LogP contribution in [0.25, 0.3) is 0 Å². The first-order chi connectivity index (χ1) is 5.52. The summed E-state index contributed by atoms with van der Waals surface area (Å²) in [5.74, 6) is 0.365. The van der Waals surface area contributed by atoms with Gasteiger partial charge in [-0.2, -0.15) is 5.10 Å². The molecule has 0 radical (unpaired) electrons. The number of carbonyl (C=O) groups excluding carboxylic acids is 1. The third-order valence-electron chi connectivity index (χ3n) is 2.07. The van der Waals surface area contributed by atoms with E-state index < -0.39 is 0 Å². The molecule has 68 valence electrons. The van der Waals surface area contributed by atoms with Crippen LogP contribution in [0.5, 0.6) is 0 Å². The van der Waals surface area contributed by atoms with E-state index in [4.69, 9.17) is 5.73 Å². The van der Waals surface area contributed by atoms with Gasteiger partial charge in [-0.15, -0.1) is 0 Å². The van der Waals surface area contributed by atoms with Crippen molar-refractivity contribution in [3.05, 3.63) is 0 Å². The molecule has 4 nitrogen and oxygen atoms in total. The molecule has 0 spiro atoms. The van der Waals surface area contributed by atoms with Gasteiger partial charge < -0.3 is 5.73 Å².